The van der Waals surface area contributed by atoms with Crippen LogP contribution in [0, 0.1) is 5.82 Å². The van der Waals surface area contributed by atoms with Gasteiger partial charge in [-0.15, -0.1) is 11.3 Å². The first-order chi connectivity index (χ1) is 8.47. The highest BCUT2D eigenvalue weighted by Gasteiger charge is 2.17. The van der Waals surface area contributed by atoms with Gasteiger partial charge in [0.2, 0.25) is 0 Å². The number of thiophene rings is 1. The first kappa shape index (κ1) is 14.1. The highest BCUT2D eigenvalue weighted by molar-refractivity contribution is 7.20. The lowest BCUT2D eigenvalue weighted by Gasteiger charge is -2.10. The van der Waals surface area contributed by atoms with Crippen molar-refractivity contribution in [3.8, 4) is 0 Å². The number of halogens is 4. The van der Waals surface area contributed by atoms with Crippen molar-refractivity contribution in [1.29, 1.82) is 0 Å². The minimum atomic E-state index is -0.892. The summed E-state index contributed by atoms with van der Waals surface area (Å²) in [5.41, 5.74) is 0.895. The van der Waals surface area contributed by atoms with Crippen LogP contribution in [0.25, 0.3) is 0 Å². The third-order valence-corrected chi connectivity index (χ3v) is 4.22. The van der Waals surface area contributed by atoms with Gasteiger partial charge in [-0.05, 0) is 23.8 Å². The van der Waals surface area contributed by atoms with Gasteiger partial charge in [0.05, 0.1) is 10.4 Å². The zero-order valence-electron chi connectivity index (χ0n) is 8.96. The first-order valence-electron chi connectivity index (χ1n) is 5.04. The Balaban J connectivity index is 2.21. The van der Waals surface area contributed by atoms with Crippen molar-refractivity contribution in [3.63, 3.8) is 0 Å². The highest BCUT2D eigenvalue weighted by Crippen LogP contribution is 2.36. The Morgan fingerprint density at radius 1 is 1.22 bits per heavy atom. The highest BCUT2D eigenvalue weighted by atomic mass is 35.5. The van der Waals surface area contributed by atoms with E-state index in [-0.39, 0.29) is 6.42 Å². The number of benzene rings is 1. The Labute approximate surface area is 123 Å². The van der Waals surface area contributed by atoms with E-state index in [0.717, 1.165) is 0 Å². The van der Waals surface area contributed by atoms with E-state index in [9.17, 15) is 9.50 Å². The molecule has 1 nitrogen and oxygen atoms in total. The number of hydrogen-bond acceptors (Lipinski definition) is 2. The van der Waals surface area contributed by atoms with E-state index in [2.05, 4.69) is 0 Å². The van der Waals surface area contributed by atoms with Crippen LogP contribution in [-0.2, 0) is 6.42 Å². The summed E-state index contributed by atoms with van der Waals surface area (Å²) in [6, 6.07) is 5.93. The van der Waals surface area contributed by atoms with Crippen LogP contribution in [0.2, 0.25) is 13.7 Å². The first-order valence-corrected chi connectivity index (χ1v) is 6.99. The van der Waals surface area contributed by atoms with Crippen LogP contribution < -0.4 is 0 Å². The van der Waals surface area contributed by atoms with Crippen molar-refractivity contribution in [2.45, 2.75) is 12.5 Å². The van der Waals surface area contributed by atoms with Gasteiger partial charge in [-0.1, -0.05) is 40.9 Å². The van der Waals surface area contributed by atoms with Crippen LogP contribution in [0.4, 0.5) is 4.39 Å². The molecule has 1 heterocycles. The van der Waals surface area contributed by atoms with Gasteiger partial charge in [0, 0.05) is 17.0 Å². The van der Waals surface area contributed by atoms with Crippen LogP contribution in [0.15, 0.2) is 24.3 Å². The van der Waals surface area contributed by atoms with Gasteiger partial charge in [-0.25, -0.2) is 4.39 Å². The van der Waals surface area contributed by atoms with Crippen molar-refractivity contribution < 1.29 is 9.50 Å². The Kier molecular flexibility index (Phi) is 4.51. The number of aliphatic hydroxyl groups is 1. The molecular weight excluding hydrogens is 318 g/mol. The van der Waals surface area contributed by atoms with Gasteiger partial charge in [0.25, 0.3) is 0 Å². The molecule has 0 radical (unpaired) electrons. The molecule has 0 saturated heterocycles. The molecule has 1 aromatic heterocycles. The number of hydrogen-bond donors (Lipinski definition) is 1. The van der Waals surface area contributed by atoms with E-state index in [0.29, 0.717) is 24.8 Å². The second kappa shape index (κ2) is 5.76. The summed E-state index contributed by atoms with van der Waals surface area (Å²) < 4.78 is 14.5. The van der Waals surface area contributed by atoms with Crippen LogP contribution in [-0.4, -0.2) is 5.11 Å². The normalized spacial score (nSPS) is 12.7. The molecule has 1 aromatic carbocycles. The molecule has 1 unspecified atom stereocenters. The van der Waals surface area contributed by atoms with E-state index in [1.807, 2.05) is 0 Å². The second-order valence-electron chi connectivity index (χ2n) is 3.74. The van der Waals surface area contributed by atoms with Crippen LogP contribution in [0.1, 0.15) is 17.2 Å². The molecule has 0 amide bonds. The lowest BCUT2D eigenvalue weighted by molar-refractivity contribution is 0.177. The predicted molar refractivity (Wildman–Crippen MR) is 74.4 cm³/mol. The molecule has 2 rings (SSSR count). The van der Waals surface area contributed by atoms with Gasteiger partial charge in [-0.2, -0.15) is 0 Å². The van der Waals surface area contributed by atoms with Crippen molar-refractivity contribution in [2.24, 2.45) is 0 Å². The molecule has 1 N–H and O–H groups in total. The van der Waals surface area contributed by atoms with Crippen LogP contribution in [0.3, 0.4) is 0 Å². The van der Waals surface area contributed by atoms with E-state index in [1.54, 1.807) is 18.2 Å². The molecule has 96 valence electrons. The molecule has 0 bridgehead atoms. The average Bonchev–Trinajstić information content (AvgIpc) is 2.62. The minimum Gasteiger partial charge on any atom is -0.388 e. The van der Waals surface area contributed by atoms with Gasteiger partial charge in [0.1, 0.15) is 10.2 Å². The lowest BCUT2D eigenvalue weighted by atomic mass is 10.0. The fourth-order valence-electron chi connectivity index (χ4n) is 1.59. The van der Waals surface area contributed by atoms with Crippen molar-refractivity contribution in [3.05, 3.63) is 54.9 Å². The lowest BCUT2D eigenvalue weighted by Crippen LogP contribution is -2.03. The van der Waals surface area contributed by atoms with Crippen LogP contribution in [0.5, 0.6) is 0 Å². The summed E-state index contributed by atoms with van der Waals surface area (Å²) in [5, 5.41) is 10.3. The molecule has 1 atom stereocenters. The summed E-state index contributed by atoms with van der Waals surface area (Å²) in [6.45, 7) is 0. The van der Waals surface area contributed by atoms with E-state index >= 15 is 0 Å². The summed E-state index contributed by atoms with van der Waals surface area (Å²) in [5.74, 6) is -0.445. The maximum Gasteiger partial charge on any atom is 0.127 e. The third-order valence-electron chi connectivity index (χ3n) is 2.47. The molecule has 0 saturated carbocycles. The van der Waals surface area contributed by atoms with Gasteiger partial charge in [0.15, 0.2) is 0 Å². The summed E-state index contributed by atoms with van der Waals surface area (Å²) >= 11 is 18.6. The summed E-state index contributed by atoms with van der Waals surface area (Å²) in [4.78, 5) is 0. The maximum atomic E-state index is 13.6. The SMILES string of the molecule is OC(Cc1ccc(Cl)cc1F)c1cc(Cl)sc1Cl. The van der Waals surface area contributed by atoms with Gasteiger partial charge >= 0.3 is 0 Å². The Hall–Kier alpha value is -0.320. The molecule has 2 aromatic rings. The van der Waals surface area contributed by atoms with Crippen molar-refractivity contribution >= 4 is 46.1 Å². The number of aliphatic hydroxyl groups excluding tert-OH is 1. The Morgan fingerprint density at radius 3 is 2.50 bits per heavy atom. The minimum absolute atomic E-state index is 0.121. The molecule has 0 aliphatic heterocycles. The van der Waals surface area contributed by atoms with E-state index < -0.39 is 11.9 Å². The zero-order chi connectivity index (χ0) is 13.3. The molecule has 0 aliphatic rings. The van der Waals surface area contributed by atoms with Crippen LogP contribution >= 0.6 is 46.1 Å². The van der Waals surface area contributed by atoms with Crippen molar-refractivity contribution in [1.82, 2.24) is 0 Å². The van der Waals surface area contributed by atoms with Gasteiger partial charge in [-0.3, -0.25) is 0 Å². The zero-order valence-corrected chi connectivity index (χ0v) is 12.0. The van der Waals surface area contributed by atoms with Crippen molar-refractivity contribution in [2.75, 3.05) is 0 Å². The Morgan fingerprint density at radius 2 is 1.94 bits per heavy atom. The second-order valence-corrected chi connectivity index (χ2v) is 6.46. The quantitative estimate of drug-likeness (QED) is 0.830. The predicted octanol–water partition coefficient (Wildman–Crippen LogP) is 5.12. The Bertz CT molecular complexity index is 570. The topological polar surface area (TPSA) is 20.2 Å². The molecule has 0 aliphatic carbocycles. The van der Waals surface area contributed by atoms with E-state index in [4.69, 9.17) is 34.8 Å². The molecule has 0 spiro atoms. The maximum absolute atomic E-state index is 13.6. The molecule has 6 heteroatoms. The number of rotatable bonds is 3. The summed E-state index contributed by atoms with van der Waals surface area (Å²) in [6.07, 6.45) is -0.771. The monoisotopic (exact) mass is 324 g/mol. The molecular formula is C12H8Cl3FOS. The molecule has 0 fully saturated rings. The third kappa shape index (κ3) is 3.16. The largest absolute Gasteiger partial charge is 0.388 e. The fourth-order valence-corrected chi connectivity index (χ4v) is 3.31. The standard InChI is InChI=1S/C12H8Cl3FOS/c13-7-2-1-6(9(16)4-7)3-10(17)8-5-11(14)18-12(8)15/h1-2,4-5,10,17H,3H2. The van der Waals surface area contributed by atoms with E-state index in [1.165, 1.54) is 17.4 Å². The summed E-state index contributed by atoms with van der Waals surface area (Å²) in [7, 11) is 0. The molecule has 18 heavy (non-hydrogen) atoms. The average molecular weight is 326 g/mol. The van der Waals surface area contributed by atoms with Gasteiger partial charge < -0.3 is 5.11 Å². The fraction of sp³-hybridized carbons (Fsp3) is 0.167. The smallest absolute Gasteiger partial charge is 0.127 e.